The van der Waals surface area contributed by atoms with Crippen LogP contribution in [-0.2, 0) is 0 Å². The molecule has 3 aromatic rings. The van der Waals surface area contributed by atoms with Crippen molar-refractivity contribution < 1.29 is 19.0 Å². The standard InChI is InChI=1S/C23H27N3O4S/c1-15(2)26-22(16(3)30-20-12-10-19(29-5)11-13-20)24-25-23(26)31-14-21(27)17-6-8-18(28-4)9-7-17/h6-13,15-16H,14H2,1-5H3. The highest BCUT2D eigenvalue weighted by Gasteiger charge is 2.22. The quantitative estimate of drug-likeness (QED) is 0.324. The van der Waals surface area contributed by atoms with E-state index in [1.165, 1.54) is 11.8 Å². The molecule has 0 N–H and O–H groups in total. The first-order chi connectivity index (χ1) is 14.9. The third-order valence-electron chi connectivity index (χ3n) is 4.69. The lowest BCUT2D eigenvalue weighted by atomic mass is 10.1. The monoisotopic (exact) mass is 441 g/mol. The highest BCUT2D eigenvalue weighted by atomic mass is 32.2. The predicted octanol–water partition coefficient (Wildman–Crippen LogP) is 4.99. The van der Waals surface area contributed by atoms with Gasteiger partial charge in [-0.15, -0.1) is 10.2 Å². The topological polar surface area (TPSA) is 75.5 Å². The van der Waals surface area contributed by atoms with Crippen LogP contribution in [0.1, 0.15) is 49.1 Å². The van der Waals surface area contributed by atoms with Crippen LogP contribution in [0.5, 0.6) is 17.2 Å². The van der Waals surface area contributed by atoms with E-state index in [1.54, 1.807) is 38.5 Å². The van der Waals surface area contributed by atoms with Gasteiger partial charge in [0.1, 0.15) is 17.2 Å². The molecule has 3 rings (SSSR count). The van der Waals surface area contributed by atoms with E-state index in [2.05, 4.69) is 24.0 Å². The molecule has 164 valence electrons. The van der Waals surface area contributed by atoms with Gasteiger partial charge < -0.3 is 18.8 Å². The van der Waals surface area contributed by atoms with E-state index in [0.29, 0.717) is 16.5 Å². The van der Waals surface area contributed by atoms with E-state index in [9.17, 15) is 4.79 Å². The Morgan fingerprint density at radius 2 is 1.45 bits per heavy atom. The van der Waals surface area contributed by atoms with Gasteiger partial charge in [0.15, 0.2) is 22.9 Å². The smallest absolute Gasteiger partial charge is 0.192 e. The zero-order valence-corrected chi connectivity index (χ0v) is 19.2. The second kappa shape index (κ2) is 10.3. The normalized spacial score (nSPS) is 11.9. The molecule has 31 heavy (non-hydrogen) atoms. The van der Waals surface area contributed by atoms with E-state index < -0.39 is 0 Å². The summed E-state index contributed by atoms with van der Waals surface area (Å²) in [5.41, 5.74) is 0.639. The highest BCUT2D eigenvalue weighted by molar-refractivity contribution is 7.99. The van der Waals surface area contributed by atoms with Crippen LogP contribution in [0.15, 0.2) is 53.7 Å². The van der Waals surface area contributed by atoms with Gasteiger partial charge in [-0.3, -0.25) is 4.79 Å². The van der Waals surface area contributed by atoms with Crippen molar-refractivity contribution in [1.29, 1.82) is 0 Å². The number of ether oxygens (including phenoxy) is 3. The van der Waals surface area contributed by atoms with E-state index in [-0.39, 0.29) is 23.7 Å². The van der Waals surface area contributed by atoms with Crippen LogP contribution in [0, 0.1) is 0 Å². The summed E-state index contributed by atoms with van der Waals surface area (Å²) in [6.45, 7) is 6.05. The lowest BCUT2D eigenvalue weighted by molar-refractivity contribution is 0.102. The van der Waals surface area contributed by atoms with Crippen molar-refractivity contribution in [2.45, 2.75) is 38.1 Å². The molecule has 7 nitrogen and oxygen atoms in total. The molecule has 2 aromatic carbocycles. The van der Waals surface area contributed by atoms with Crippen LogP contribution in [0.25, 0.3) is 0 Å². The Hall–Kier alpha value is -3.00. The van der Waals surface area contributed by atoms with Crippen LogP contribution in [0.3, 0.4) is 0 Å². The SMILES string of the molecule is COc1ccc(OC(C)c2nnc(SCC(=O)c3ccc(OC)cc3)n2C(C)C)cc1. The van der Waals surface area contributed by atoms with Crippen LogP contribution in [0.4, 0.5) is 0 Å². The number of carbonyl (C=O) groups is 1. The molecule has 0 spiro atoms. The lowest BCUT2D eigenvalue weighted by Gasteiger charge is -2.19. The van der Waals surface area contributed by atoms with Gasteiger partial charge >= 0.3 is 0 Å². The van der Waals surface area contributed by atoms with Gasteiger partial charge in [-0.25, -0.2) is 0 Å². The van der Waals surface area contributed by atoms with Gasteiger partial charge in [0.25, 0.3) is 0 Å². The van der Waals surface area contributed by atoms with Gasteiger partial charge in [0, 0.05) is 11.6 Å². The van der Waals surface area contributed by atoms with E-state index in [1.807, 2.05) is 35.8 Å². The second-order valence-corrected chi connectivity index (χ2v) is 8.12. The van der Waals surface area contributed by atoms with Crippen molar-refractivity contribution >= 4 is 17.5 Å². The molecule has 0 saturated carbocycles. The average molecular weight is 442 g/mol. The first-order valence-electron chi connectivity index (χ1n) is 9.98. The number of hydrogen-bond donors (Lipinski definition) is 0. The van der Waals surface area contributed by atoms with Crippen LogP contribution >= 0.6 is 11.8 Å². The van der Waals surface area contributed by atoms with Crippen molar-refractivity contribution in [2.24, 2.45) is 0 Å². The fraction of sp³-hybridized carbons (Fsp3) is 0.348. The zero-order valence-electron chi connectivity index (χ0n) is 18.4. The number of thioether (sulfide) groups is 1. The second-order valence-electron chi connectivity index (χ2n) is 7.18. The summed E-state index contributed by atoms with van der Waals surface area (Å²) in [6.07, 6.45) is -0.310. The Bertz CT molecular complexity index is 1000. The summed E-state index contributed by atoms with van der Waals surface area (Å²) in [7, 11) is 3.23. The molecule has 1 heterocycles. The van der Waals surface area contributed by atoms with Crippen molar-refractivity contribution in [3.63, 3.8) is 0 Å². The van der Waals surface area contributed by atoms with Crippen molar-refractivity contribution in [3.05, 3.63) is 59.9 Å². The molecule has 1 atom stereocenters. The number of aromatic nitrogens is 3. The maximum Gasteiger partial charge on any atom is 0.192 e. The molecule has 0 radical (unpaired) electrons. The maximum absolute atomic E-state index is 12.6. The minimum Gasteiger partial charge on any atom is -0.497 e. The fourth-order valence-corrected chi connectivity index (χ4v) is 4.02. The summed E-state index contributed by atoms with van der Waals surface area (Å²) in [6, 6.07) is 14.6. The van der Waals surface area contributed by atoms with E-state index in [4.69, 9.17) is 14.2 Å². The van der Waals surface area contributed by atoms with Crippen molar-refractivity contribution in [3.8, 4) is 17.2 Å². The molecule has 8 heteroatoms. The summed E-state index contributed by atoms with van der Waals surface area (Å²) in [4.78, 5) is 12.6. The maximum atomic E-state index is 12.6. The first-order valence-corrected chi connectivity index (χ1v) is 11.0. The van der Waals surface area contributed by atoms with Crippen molar-refractivity contribution in [1.82, 2.24) is 14.8 Å². The molecule has 0 aliphatic rings. The average Bonchev–Trinajstić information content (AvgIpc) is 3.22. The molecule has 0 amide bonds. The molecule has 0 saturated heterocycles. The Morgan fingerprint density at radius 1 is 0.903 bits per heavy atom. The Labute approximate surface area is 186 Å². The number of hydrogen-bond acceptors (Lipinski definition) is 7. The Kier molecular flexibility index (Phi) is 7.57. The van der Waals surface area contributed by atoms with Gasteiger partial charge in [-0.1, -0.05) is 11.8 Å². The molecular formula is C23H27N3O4S. The lowest BCUT2D eigenvalue weighted by Crippen LogP contribution is -2.14. The Morgan fingerprint density at radius 3 is 2.00 bits per heavy atom. The molecule has 0 fully saturated rings. The third-order valence-corrected chi connectivity index (χ3v) is 5.63. The molecule has 1 aromatic heterocycles. The fourth-order valence-electron chi connectivity index (χ4n) is 3.05. The van der Waals surface area contributed by atoms with Gasteiger partial charge in [-0.05, 0) is 69.3 Å². The molecular weight excluding hydrogens is 414 g/mol. The first kappa shape index (κ1) is 22.7. The van der Waals surface area contributed by atoms with Crippen LogP contribution < -0.4 is 14.2 Å². The summed E-state index contributed by atoms with van der Waals surface area (Å²) >= 11 is 1.37. The van der Waals surface area contributed by atoms with Crippen molar-refractivity contribution in [2.75, 3.05) is 20.0 Å². The Balaban J connectivity index is 1.70. The number of carbonyl (C=O) groups excluding carboxylic acids is 1. The van der Waals surface area contributed by atoms with Crippen LogP contribution in [0.2, 0.25) is 0 Å². The molecule has 0 bridgehead atoms. The number of ketones is 1. The molecule has 1 unspecified atom stereocenters. The number of methoxy groups -OCH3 is 2. The summed E-state index contributed by atoms with van der Waals surface area (Å²) < 4.78 is 18.4. The summed E-state index contributed by atoms with van der Waals surface area (Å²) in [5.74, 6) is 3.21. The van der Waals surface area contributed by atoms with Gasteiger partial charge in [0.05, 0.1) is 20.0 Å². The largest absolute Gasteiger partial charge is 0.497 e. The molecule has 0 aliphatic carbocycles. The minimum absolute atomic E-state index is 0.0232. The van der Waals surface area contributed by atoms with Gasteiger partial charge in [-0.2, -0.15) is 0 Å². The zero-order chi connectivity index (χ0) is 22.4. The van der Waals surface area contributed by atoms with E-state index >= 15 is 0 Å². The highest BCUT2D eigenvalue weighted by Crippen LogP contribution is 2.28. The van der Waals surface area contributed by atoms with Gasteiger partial charge in [0.2, 0.25) is 0 Å². The predicted molar refractivity (Wildman–Crippen MR) is 120 cm³/mol. The number of benzene rings is 2. The third kappa shape index (κ3) is 5.58. The molecule has 0 aliphatic heterocycles. The minimum atomic E-state index is -0.310. The van der Waals surface area contributed by atoms with E-state index in [0.717, 1.165) is 17.2 Å². The number of rotatable bonds is 10. The number of Topliss-reactive ketones (excluding diaryl/α,β-unsaturated/α-hetero) is 1. The number of nitrogens with zero attached hydrogens (tertiary/aromatic N) is 3. The van der Waals surface area contributed by atoms with Crippen LogP contribution in [-0.4, -0.2) is 40.5 Å². The summed E-state index contributed by atoms with van der Waals surface area (Å²) in [5, 5.41) is 9.37.